The van der Waals surface area contributed by atoms with E-state index >= 15 is 0 Å². The van der Waals surface area contributed by atoms with E-state index in [1.54, 1.807) is 12.3 Å². The van der Waals surface area contributed by atoms with E-state index in [1.165, 1.54) is 6.20 Å². The van der Waals surface area contributed by atoms with Crippen LogP contribution in [0.1, 0.15) is 15.9 Å². The Bertz CT molecular complexity index is 599. The molecule has 0 saturated heterocycles. The van der Waals surface area contributed by atoms with E-state index in [4.69, 9.17) is 5.73 Å². The lowest BCUT2D eigenvalue weighted by Gasteiger charge is -2.10. The largest absolute Gasteiger partial charge is 0.397 e. The number of hydrogen-bond donors (Lipinski definition) is 2. The van der Waals surface area contributed by atoms with Crippen molar-refractivity contribution in [1.82, 2.24) is 4.98 Å². The van der Waals surface area contributed by atoms with Gasteiger partial charge in [0, 0.05) is 16.4 Å². The molecule has 1 heterocycles. The number of carbonyl (C=O) groups excluding carboxylic acids is 1. The maximum atomic E-state index is 12.1. The number of nitrogens with two attached hydrogens (primary N) is 1. The van der Waals surface area contributed by atoms with E-state index in [0.717, 1.165) is 15.7 Å². The molecule has 0 spiro atoms. The van der Waals surface area contributed by atoms with Gasteiger partial charge in [-0.1, -0.05) is 22.0 Å². The zero-order valence-corrected chi connectivity index (χ0v) is 11.4. The van der Waals surface area contributed by atoms with Crippen molar-refractivity contribution in [3.63, 3.8) is 0 Å². The van der Waals surface area contributed by atoms with Crippen molar-refractivity contribution in [1.29, 1.82) is 0 Å². The van der Waals surface area contributed by atoms with Crippen LogP contribution in [0.4, 0.5) is 11.4 Å². The molecule has 0 unspecified atom stereocenters. The number of hydrogen-bond acceptors (Lipinski definition) is 3. The molecule has 4 nitrogen and oxygen atoms in total. The van der Waals surface area contributed by atoms with Crippen LogP contribution in [0.3, 0.4) is 0 Å². The van der Waals surface area contributed by atoms with E-state index < -0.39 is 0 Å². The summed E-state index contributed by atoms with van der Waals surface area (Å²) >= 11 is 3.42. The molecule has 0 aliphatic carbocycles. The molecular formula is C13H12BrN3O. The highest BCUT2D eigenvalue weighted by atomic mass is 79.9. The predicted molar refractivity (Wildman–Crippen MR) is 75.5 cm³/mol. The van der Waals surface area contributed by atoms with Crippen LogP contribution in [0.5, 0.6) is 0 Å². The van der Waals surface area contributed by atoms with Gasteiger partial charge < -0.3 is 11.1 Å². The Labute approximate surface area is 113 Å². The van der Waals surface area contributed by atoms with Crippen molar-refractivity contribution >= 4 is 33.2 Å². The van der Waals surface area contributed by atoms with Gasteiger partial charge in [0.1, 0.15) is 0 Å². The Morgan fingerprint density at radius 2 is 2.17 bits per heavy atom. The predicted octanol–water partition coefficient (Wildman–Crippen LogP) is 2.99. The van der Waals surface area contributed by atoms with Crippen molar-refractivity contribution in [3.8, 4) is 0 Å². The second-order valence-electron chi connectivity index (χ2n) is 3.83. The van der Waals surface area contributed by atoms with E-state index in [0.29, 0.717) is 11.3 Å². The molecule has 2 aromatic rings. The van der Waals surface area contributed by atoms with Gasteiger partial charge in [0.15, 0.2) is 0 Å². The quantitative estimate of drug-likeness (QED) is 0.896. The number of anilines is 2. The fourth-order valence-electron chi connectivity index (χ4n) is 1.55. The number of rotatable bonds is 2. The van der Waals surface area contributed by atoms with E-state index in [-0.39, 0.29) is 5.91 Å². The van der Waals surface area contributed by atoms with Crippen molar-refractivity contribution in [2.45, 2.75) is 6.92 Å². The molecule has 0 aliphatic rings. The number of nitrogen functional groups attached to an aromatic ring is 1. The summed E-state index contributed by atoms with van der Waals surface area (Å²) in [6.07, 6.45) is 3.00. The number of amides is 1. The fourth-order valence-corrected chi connectivity index (χ4v) is 1.91. The van der Waals surface area contributed by atoms with Crippen LogP contribution in [0.25, 0.3) is 0 Å². The van der Waals surface area contributed by atoms with Crippen molar-refractivity contribution < 1.29 is 4.79 Å². The van der Waals surface area contributed by atoms with Gasteiger partial charge in [0.05, 0.1) is 17.4 Å². The summed E-state index contributed by atoms with van der Waals surface area (Å²) in [5.41, 5.74) is 8.22. The summed E-state index contributed by atoms with van der Waals surface area (Å²) in [4.78, 5) is 15.9. The molecule has 0 saturated carbocycles. The minimum atomic E-state index is -0.240. The van der Waals surface area contributed by atoms with Crippen LogP contribution in [-0.4, -0.2) is 10.9 Å². The Hall–Kier alpha value is -1.88. The molecule has 92 valence electrons. The molecule has 1 aromatic heterocycles. The molecule has 1 aromatic carbocycles. The molecule has 18 heavy (non-hydrogen) atoms. The van der Waals surface area contributed by atoms with Gasteiger partial charge in [0.25, 0.3) is 5.91 Å². The van der Waals surface area contributed by atoms with E-state index in [9.17, 15) is 4.79 Å². The van der Waals surface area contributed by atoms with E-state index in [1.807, 2.05) is 25.1 Å². The van der Waals surface area contributed by atoms with Crippen LogP contribution in [0.15, 0.2) is 41.1 Å². The van der Waals surface area contributed by atoms with Gasteiger partial charge in [-0.15, -0.1) is 0 Å². The van der Waals surface area contributed by atoms with Crippen LogP contribution < -0.4 is 11.1 Å². The van der Waals surface area contributed by atoms with Gasteiger partial charge in [-0.2, -0.15) is 0 Å². The Balaban J connectivity index is 2.27. The molecule has 2 rings (SSSR count). The molecule has 0 fully saturated rings. The average molecular weight is 306 g/mol. The lowest BCUT2D eigenvalue weighted by atomic mass is 10.1. The number of carbonyl (C=O) groups is 1. The summed E-state index contributed by atoms with van der Waals surface area (Å²) in [6, 6.07) is 7.22. The summed E-state index contributed by atoms with van der Waals surface area (Å²) < 4.78 is 0.947. The minimum absolute atomic E-state index is 0.240. The third-order valence-electron chi connectivity index (χ3n) is 2.61. The first kappa shape index (κ1) is 12.6. The first-order valence-corrected chi connectivity index (χ1v) is 6.15. The molecule has 1 amide bonds. The first-order chi connectivity index (χ1) is 8.59. The van der Waals surface area contributed by atoms with Crippen LogP contribution in [-0.2, 0) is 0 Å². The van der Waals surface area contributed by atoms with Gasteiger partial charge >= 0.3 is 0 Å². The van der Waals surface area contributed by atoms with Crippen LogP contribution in [0, 0.1) is 6.92 Å². The highest BCUT2D eigenvalue weighted by Crippen LogP contribution is 2.24. The second-order valence-corrected chi connectivity index (χ2v) is 4.68. The van der Waals surface area contributed by atoms with E-state index in [2.05, 4.69) is 26.2 Å². The number of nitrogens with one attached hydrogen (secondary N) is 1. The highest BCUT2D eigenvalue weighted by Gasteiger charge is 2.11. The maximum Gasteiger partial charge on any atom is 0.257 e. The summed E-state index contributed by atoms with van der Waals surface area (Å²) in [7, 11) is 0. The Morgan fingerprint density at radius 1 is 1.39 bits per heavy atom. The summed E-state index contributed by atoms with van der Waals surface area (Å²) in [5.74, 6) is -0.240. The van der Waals surface area contributed by atoms with Crippen molar-refractivity contribution in [3.05, 3.63) is 52.3 Å². The highest BCUT2D eigenvalue weighted by molar-refractivity contribution is 9.10. The number of halogens is 1. The Kier molecular flexibility index (Phi) is 3.62. The molecule has 0 atom stereocenters. The maximum absolute atomic E-state index is 12.1. The summed E-state index contributed by atoms with van der Waals surface area (Å²) in [6.45, 7) is 1.93. The second kappa shape index (κ2) is 5.18. The molecule has 3 N–H and O–H groups in total. The first-order valence-electron chi connectivity index (χ1n) is 5.35. The Morgan fingerprint density at radius 3 is 2.89 bits per heavy atom. The SMILES string of the molecule is Cc1c(Br)cccc1NC(=O)c1ccncc1N. The lowest BCUT2D eigenvalue weighted by Crippen LogP contribution is -2.14. The molecular weight excluding hydrogens is 294 g/mol. The minimum Gasteiger partial charge on any atom is -0.397 e. The smallest absolute Gasteiger partial charge is 0.257 e. The number of aromatic nitrogens is 1. The standard InChI is InChI=1S/C13H12BrN3O/c1-8-10(14)3-2-4-12(8)17-13(18)9-5-6-16-7-11(9)15/h2-7H,15H2,1H3,(H,17,18). The van der Waals surface area contributed by atoms with Gasteiger partial charge in [0.2, 0.25) is 0 Å². The molecule has 0 aliphatic heterocycles. The van der Waals surface area contributed by atoms with Crippen LogP contribution >= 0.6 is 15.9 Å². The van der Waals surface area contributed by atoms with Gasteiger partial charge in [-0.3, -0.25) is 9.78 Å². The average Bonchev–Trinajstić information content (AvgIpc) is 2.35. The normalized spacial score (nSPS) is 10.1. The number of nitrogens with zero attached hydrogens (tertiary/aromatic N) is 1. The third-order valence-corrected chi connectivity index (χ3v) is 3.47. The third kappa shape index (κ3) is 2.51. The zero-order valence-electron chi connectivity index (χ0n) is 9.77. The fraction of sp³-hybridized carbons (Fsp3) is 0.0769. The molecule has 0 bridgehead atoms. The van der Waals surface area contributed by atoms with Crippen LogP contribution in [0.2, 0.25) is 0 Å². The molecule has 0 radical (unpaired) electrons. The number of benzene rings is 1. The monoisotopic (exact) mass is 305 g/mol. The lowest BCUT2D eigenvalue weighted by molar-refractivity contribution is 0.102. The van der Waals surface area contributed by atoms with Crippen molar-refractivity contribution in [2.24, 2.45) is 0 Å². The topological polar surface area (TPSA) is 68.0 Å². The summed E-state index contributed by atoms with van der Waals surface area (Å²) in [5, 5.41) is 2.83. The van der Waals surface area contributed by atoms with Gasteiger partial charge in [-0.25, -0.2) is 0 Å². The van der Waals surface area contributed by atoms with Crippen molar-refractivity contribution in [2.75, 3.05) is 11.1 Å². The van der Waals surface area contributed by atoms with Gasteiger partial charge in [-0.05, 0) is 30.7 Å². The number of pyridine rings is 1. The zero-order chi connectivity index (χ0) is 13.1. The molecule has 5 heteroatoms.